The van der Waals surface area contributed by atoms with Crippen LogP contribution in [-0.2, 0) is 28.6 Å². The van der Waals surface area contributed by atoms with Gasteiger partial charge in [-0.1, -0.05) is 18.2 Å². The van der Waals surface area contributed by atoms with E-state index in [1.54, 1.807) is 13.8 Å². The molecule has 2 heterocycles. The second-order valence-electron chi connectivity index (χ2n) is 6.13. The van der Waals surface area contributed by atoms with E-state index in [1.165, 1.54) is 12.2 Å². The quantitative estimate of drug-likeness (QED) is 0.632. The van der Waals surface area contributed by atoms with E-state index in [1.807, 2.05) is 24.3 Å². The zero-order valence-electron chi connectivity index (χ0n) is 15.2. The maximum Gasteiger partial charge on any atom is 0.334 e. The Morgan fingerprint density at radius 2 is 1.81 bits per heavy atom. The molecule has 1 amide bonds. The van der Waals surface area contributed by atoms with Crippen molar-refractivity contribution in [2.24, 2.45) is 5.92 Å². The summed E-state index contributed by atoms with van der Waals surface area (Å²) in [6.07, 6.45) is 2.80. The van der Waals surface area contributed by atoms with Crippen LogP contribution in [0.4, 0.5) is 5.69 Å². The lowest BCUT2D eigenvalue weighted by Gasteiger charge is -2.16. The number of esters is 2. The van der Waals surface area contributed by atoms with Gasteiger partial charge in [0.1, 0.15) is 11.5 Å². The largest absolute Gasteiger partial charge is 0.465 e. The van der Waals surface area contributed by atoms with Crippen LogP contribution < -0.4 is 5.32 Å². The van der Waals surface area contributed by atoms with Crippen molar-refractivity contribution in [1.82, 2.24) is 0 Å². The maximum atomic E-state index is 12.6. The van der Waals surface area contributed by atoms with Crippen LogP contribution in [0.2, 0.25) is 0 Å². The van der Waals surface area contributed by atoms with E-state index in [-0.39, 0.29) is 19.1 Å². The van der Waals surface area contributed by atoms with Gasteiger partial charge < -0.3 is 19.5 Å². The number of carbonyl (C=O) groups excluding carboxylic acids is 3. The minimum Gasteiger partial charge on any atom is -0.465 e. The van der Waals surface area contributed by atoms with E-state index in [4.69, 9.17) is 14.2 Å². The van der Waals surface area contributed by atoms with Crippen LogP contribution in [-0.4, -0.2) is 31.1 Å². The van der Waals surface area contributed by atoms with Crippen LogP contribution in [0.3, 0.4) is 0 Å². The number of carbonyl (C=O) groups is 3. The monoisotopic (exact) mass is 371 g/mol. The summed E-state index contributed by atoms with van der Waals surface area (Å²) in [5.74, 6) is -1.53. The van der Waals surface area contributed by atoms with Crippen molar-refractivity contribution in [2.45, 2.75) is 26.2 Å². The molecule has 0 bridgehead atoms. The first-order valence-electron chi connectivity index (χ1n) is 8.86. The van der Waals surface area contributed by atoms with Gasteiger partial charge in [0.25, 0.3) is 0 Å². The molecule has 7 nitrogen and oxygen atoms in total. The van der Waals surface area contributed by atoms with Gasteiger partial charge in [0.15, 0.2) is 0 Å². The Kier molecular flexibility index (Phi) is 5.59. The molecular weight excluding hydrogens is 350 g/mol. The molecule has 0 saturated carbocycles. The third-order valence-corrected chi connectivity index (χ3v) is 4.39. The third-order valence-electron chi connectivity index (χ3n) is 4.39. The average Bonchev–Trinajstić information content (AvgIpc) is 3.14. The zero-order valence-corrected chi connectivity index (χ0v) is 15.2. The second-order valence-corrected chi connectivity index (χ2v) is 6.13. The number of hydrogen-bond donors (Lipinski definition) is 1. The number of fused-ring (bicyclic) bond motifs is 1. The van der Waals surface area contributed by atoms with Gasteiger partial charge in [-0.3, -0.25) is 4.79 Å². The molecule has 27 heavy (non-hydrogen) atoms. The van der Waals surface area contributed by atoms with Crippen molar-refractivity contribution in [3.05, 3.63) is 53.5 Å². The number of benzene rings is 1. The van der Waals surface area contributed by atoms with Crippen LogP contribution in [0.1, 0.15) is 31.7 Å². The maximum absolute atomic E-state index is 12.6. The third kappa shape index (κ3) is 4.02. The molecular formula is C20H21NO6. The van der Waals surface area contributed by atoms with E-state index >= 15 is 0 Å². The number of rotatable bonds is 5. The molecule has 1 fully saturated rings. The number of para-hydroxylation sites is 1. The second kappa shape index (κ2) is 8.07. The number of allylic oxidation sites excluding steroid dienone is 2. The summed E-state index contributed by atoms with van der Waals surface area (Å²) in [6.45, 7) is 3.89. The first-order valence-corrected chi connectivity index (χ1v) is 8.86. The fourth-order valence-electron chi connectivity index (χ4n) is 3.34. The van der Waals surface area contributed by atoms with Gasteiger partial charge in [-0.15, -0.1) is 0 Å². The molecule has 2 atom stereocenters. The van der Waals surface area contributed by atoms with Crippen LogP contribution >= 0.6 is 0 Å². The average molecular weight is 371 g/mol. The Morgan fingerprint density at radius 1 is 1.15 bits per heavy atom. The number of anilines is 1. The highest BCUT2D eigenvalue weighted by molar-refractivity contribution is 6.03. The van der Waals surface area contributed by atoms with Gasteiger partial charge >= 0.3 is 11.9 Å². The van der Waals surface area contributed by atoms with E-state index in [9.17, 15) is 14.4 Å². The summed E-state index contributed by atoms with van der Waals surface area (Å²) in [5, 5.41) is 2.85. The summed E-state index contributed by atoms with van der Waals surface area (Å²) in [6, 6.07) is 7.39. The summed E-state index contributed by atoms with van der Waals surface area (Å²) in [4.78, 5) is 36.3. The topological polar surface area (TPSA) is 90.9 Å². The van der Waals surface area contributed by atoms with Crippen molar-refractivity contribution < 1.29 is 28.6 Å². The van der Waals surface area contributed by atoms with Gasteiger partial charge in [0.2, 0.25) is 5.91 Å². The molecule has 0 aromatic heterocycles. The SMILES string of the molecule is CCOC(=O)/C=C1\C[C@@H]([C@@H]2C(=O)Nc3ccccc32)/C(=C\C(=O)OCC)O1. The Labute approximate surface area is 157 Å². The molecule has 3 rings (SSSR count). The lowest BCUT2D eigenvalue weighted by atomic mass is 9.84. The highest BCUT2D eigenvalue weighted by atomic mass is 16.5. The Morgan fingerprint density at radius 3 is 2.52 bits per heavy atom. The summed E-state index contributed by atoms with van der Waals surface area (Å²) < 4.78 is 15.6. The molecule has 1 N–H and O–H groups in total. The molecule has 142 valence electrons. The van der Waals surface area contributed by atoms with Crippen LogP contribution in [0.5, 0.6) is 0 Å². The van der Waals surface area contributed by atoms with Crippen molar-refractivity contribution in [3.8, 4) is 0 Å². The Hall–Kier alpha value is -3.09. The van der Waals surface area contributed by atoms with Gasteiger partial charge in [0.05, 0.1) is 31.3 Å². The molecule has 0 unspecified atom stereocenters. The fourth-order valence-corrected chi connectivity index (χ4v) is 3.34. The smallest absolute Gasteiger partial charge is 0.334 e. The predicted octanol–water partition coefficient (Wildman–Crippen LogP) is 2.65. The lowest BCUT2D eigenvalue weighted by molar-refractivity contribution is -0.138. The number of hydrogen-bond acceptors (Lipinski definition) is 6. The van der Waals surface area contributed by atoms with E-state index in [0.717, 1.165) is 11.3 Å². The minimum absolute atomic E-state index is 0.169. The number of nitrogens with one attached hydrogen (secondary N) is 1. The van der Waals surface area contributed by atoms with Gasteiger partial charge in [-0.2, -0.15) is 0 Å². The zero-order chi connectivity index (χ0) is 19.4. The van der Waals surface area contributed by atoms with Gasteiger partial charge in [0, 0.05) is 18.0 Å². The summed E-state index contributed by atoms with van der Waals surface area (Å²) >= 11 is 0. The molecule has 2 aliphatic heterocycles. The molecule has 7 heteroatoms. The normalized spacial score (nSPS) is 23.7. The van der Waals surface area contributed by atoms with E-state index in [0.29, 0.717) is 17.9 Å². The molecule has 2 aliphatic rings. The van der Waals surface area contributed by atoms with Crippen LogP contribution in [0.25, 0.3) is 0 Å². The van der Waals surface area contributed by atoms with Gasteiger partial charge in [-0.25, -0.2) is 9.59 Å². The fraction of sp³-hybridized carbons (Fsp3) is 0.350. The molecule has 1 aromatic rings. The number of ether oxygens (including phenoxy) is 3. The Bertz CT molecular complexity index is 826. The first kappa shape index (κ1) is 18.7. The minimum atomic E-state index is -0.554. The van der Waals surface area contributed by atoms with Crippen molar-refractivity contribution >= 4 is 23.5 Å². The number of amides is 1. The molecule has 0 radical (unpaired) electrons. The molecule has 1 saturated heterocycles. The highest BCUT2D eigenvalue weighted by Crippen LogP contribution is 2.47. The first-order chi connectivity index (χ1) is 13.0. The van der Waals surface area contributed by atoms with Crippen molar-refractivity contribution in [3.63, 3.8) is 0 Å². The highest BCUT2D eigenvalue weighted by Gasteiger charge is 2.43. The molecule has 0 aliphatic carbocycles. The van der Waals surface area contributed by atoms with Crippen LogP contribution in [0, 0.1) is 5.92 Å². The Balaban J connectivity index is 1.94. The van der Waals surface area contributed by atoms with E-state index < -0.39 is 23.8 Å². The summed E-state index contributed by atoms with van der Waals surface area (Å²) in [5.41, 5.74) is 1.58. The standard InChI is InChI=1S/C20H21NO6/c1-3-25-17(22)10-12-9-14(16(27-12)11-18(23)26-4-2)19-13-7-5-6-8-15(13)21-20(19)24/h5-8,10-11,14,19H,3-4,9H2,1-2H3,(H,21,24)/b12-10+,16-11+/t14-,19-/m1/s1. The van der Waals surface area contributed by atoms with Crippen LogP contribution in [0.15, 0.2) is 47.9 Å². The van der Waals surface area contributed by atoms with Crippen molar-refractivity contribution in [2.75, 3.05) is 18.5 Å². The van der Waals surface area contributed by atoms with Gasteiger partial charge in [-0.05, 0) is 25.5 Å². The molecule has 1 aromatic carbocycles. The lowest BCUT2D eigenvalue weighted by Crippen LogP contribution is -2.21. The predicted molar refractivity (Wildman–Crippen MR) is 96.4 cm³/mol. The summed E-state index contributed by atoms with van der Waals surface area (Å²) in [7, 11) is 0. The molecule has 0 spiro atoms. The van der Waals surface area contributed by atoms with E-state index in [2.05, 4.69) is 5.32 Å². The van der Waals surface area contributed by atoms with Crippen molar-refractivity contribution in [1.29, 1.82) is 0 Å².